The Hall–Kier alpha value is -3.69. The van der Waals surface area contributed by atoms with Crippen molar-refractivity contribution in [3.05, 3.63) is 70.1 Å². The van der Waals surface area contributed by atoms with Gasteiger partial charge in [0.2, 0.25) is 11.9 Å². The van der Waals surface area contributed by atoms with Crippen LogP contribution in [0.15, 0.2) is 53.3 Å². The topological polar surface area (TPSA) is 80.1 Å². The van der Waals surface area contributed by atoms with Crippen LogP contribution in [0.1, 0.15) is 37.3 Å². The molecule has 1 amide bonds. The molecule has 10 heteroatoms. The van der Waals surface area contributed by atoms with E-state index in [-0.39, 0.29) is 23.6 Å². The molecule has 3 aromatic rings. The number of nitrogens with one attached hydrogen (secondary N) is 1. The minimum Gasteiger partial charge on any atom is -0.353 e. The van der Waals surface area contributed by atoms with E-state index in [2.05, 4.69) is 10.3 Å². The molecule has 0 aliphatic carbocycles. The lowest BCUT2D eigenvalue weighted by Crippen LogP contribution is -2.45. The molecule has 35 heavy (non-hydrogen) atoms. The minimum atomic E-state index is -4.48. The van der Waals surface area contributed by atoms with E-state index in [1.165, 1.54) is 16.7 Å². The molecule has 2 aromatic carbocycles. The summed E-state index contributed by atoms with van der Waals surface area (Å²) in [7, 11) is 0. The maximum absolute atomic E-state index is 13.2. The Morgan fingerprint density at radius 1 is 1.06 bits per heavy atom. The summed E-state index contributed by atoms with van der Waals surface area (Å²) in [5, 5.41) is 2.99. The molecule has 1 saturated heterocycles. The Labute approximate surface area is 200 Å². The summed E-state index contributed by atoms with van der Waals surface area (Å²) >= 11 is 0. The highest BCUT2D eigenvalue weighted by molar-refractivity contribution is 5.75. The van der Waals surface area contributed by atoms with Crippen molar-refractivity contribution in [1.82, 2.24) is 19.9 Å². The lowest BCUT2D eigenvalue weighted by Gasteiger charge is -2.32. The van der Waals surface area contributed by atoms with Gasteiger partial charge in [-0.05, 0) is 49.6 Å². The van der Waals surface area contributed by atoms with Crippen molar-refractivity contribution < 1.29 is 18.0 Å². The third-order valence-corrected chi connectivity index (χ3v) is 6.11. The number of hydrogen-bond acceptors (Lipinski definition) is 5. The number of amides is 1. The van der Waals surface area contributed by atoms with Crippen LogP contribution < -0.4 is 15.9 Å². The zero-order chi connectivity index (χ0) is 25.2. The minimum absolute atomic E-state index is 0.000628. The van der Waals surface area contributed by atoms with E-state index < -0.39 is 17.4 Å². The molecule has 2 heterocycles. The molecule has 0 unspecified atom stereocenters. The summed E-state index contributed by atoms with van der Waals surface area (Å²) in [5.74, 6) is 0.566. The van der Waals surface area contributed by atoms with Crippen molar-refractivity contribution in [2.24, 2.45) is 0 Å². The van der Waals surface area contributed by atoms with Gasteiger partial charge in [-0.15, -0.1) is 0 Å². The van der Waals surface area contributed by atoms with Crippen LogP contribution in [-0.4, -0.2) is 39.6 Å². The second kappa shape index (κ2) is 9.89. The van der Waals surface area contributed by atoms with Crippen molar-refractivity contribution in [2.75, 3.05) is 18.0 Å². The molecular weight excluding hydrogens is 459 g/mol. The van der Waals surface area contributed by atoms with Gasteiger partial charge in [-0.2, -0.15) is 23.1 Å². The summed E-state index contributed by atoms with van der Waals surface area (Å²) in [4.78, 5) is 35.7. The summed E-state index contributed by atoms with van der Waals surface area (Å²) in [6.07, 6.45) is -2.68. The van der Waals surface area contributed by atoms with Crippen LogP contribution in [-0.2, 0) is 11.0 Å². The smallest absolute Gasteiger partial charge is 0.353 e. The summed E-state index contributed by atoms with van der Waals surface area (Å²) in [5.41, 5.74) is 0.349. The van der Waals surface area contributed by atoms with E-state index in [0.29, 0.717) is 43.7 Å². The fraction of sp³-hybridized carbons (Fsp3) is 0.360. The van der Waals surface area contributed by atoms with Gasteiger partial charge in [0.1, 0.15) is 0 Å². The molecule has 1 fully saturated rings. The standard InChI is InChI=1S/C25H26F3N5O2/c1-3-21(34)29-18-12-14-32(15-13-18)23-30-22(20-7-5-4-6-16(20)2)33(24(35)31-23)19-10-8-17(9-11-19)25(26,27)28/h4-11,18H,3,12-15H2,1-2H3,(H,29,34). The number of alkyl halides is 3. The molecule has 4 rings (SSSR count). The maximum atomic E-state index is 13.2. The molecule has 0 saturated carbocycles. The Bertz CT molecular complexity index is 1260. The molecule has 184 valence electrons. The van der Waals surface area contributed by atoms with Gasteiger partial charge < -0.3 is 10.2 Å². The van der Waals surface area contributed by atoms with Crippen LogP contribution in [0.25, 0.3) is 17.1 Å². The third-order valence-electron chi connectivity index (χ3n) is 6.11. The number of carbonyl (C=O) groups is 1. The van der Waals surface area contributed by atoms with E-state index in [4.69, 9.17) is 4.98 Å². The number of anilines is 1. The number of nitrogens with zero attached hydrogens (tertiary/aromatic N) is 4. The zero-order valence-electron chi connectivity index (χ0n) is 19.5. The highest BCUT2D eigenvalue weighted by atomic mass is 19.4. The second-order valence-corrected chi connectivity index (χ2v) is 8.51. The molecule has 0 atom stereocenters. The number of aromatic nitrogens is 3. The van der Waals surface area contributed by atoms with Crippen molar-refractivity contribution >= 4 is 11.9 Å². The number of benzene rings is 2. The first-order chi connectivity index (χ1) is 16.7. The first kappa shape index (κ1) is 24.4. The Balaban J connectivity index is 1.73. The van der Waals surface area contributed by atoms with Crippen LogP contribution in [0.4, 0.5) is 19.1 Å². The highest BCUT2D eigenvalue weighted by Crippen LogP contribution is 2.30. The van der Waals surface area contributed by atoms with Crippen molar-refractivity contribution in [3.8, 4) is 17.1 Å². The average Bonchev–Trinajstić information content (AvgIpc) is 2.84. The molecule has 0 spiro atoms. The SMILES string of the molecule is CCC(=O)NC1CCN(c2nc(-c3ccccc3C)n(-c3ccc(C(F)(F)F)cc3)c(=O)n2)CC1. The number of halogens is 3. The van der Waals surface area contributed by atoms with E-state index in [0.717, 1.165) is 17.7 Å². The lowest BCUT2D eigenvalue weighted by atomic mass is 10.1. The van der Waals surface area contributed by atoms with Crippen LogP contribution in [0.3, 0.4) is 0 Å². The number of hydrogen-bond donors (Lipinski definition) is 1. The largest absolute Gasteiger partial charge is 0.416 e. The fourth-order valence-electron chi connectivity index (χ4n) is 4.13. The van der Waals surface area contributed by atoms with Gasteiger partial charge in [0.25, 0.3) is 0 Å². The van der Waals surface area contributed by atoms with Gasteiger partial charge in [0.05, 0.1) is 11.3 Å². The molecule has 1 aliphatic rings. The Morgan fingerprint density at radius 3 is 2.31 bits per heavy atom. The molecular formula is C25H26F3N5O2. The van der Waals surface area contributed by atoms with Gasteiger partial charge in [-0.25, -0.2) is 9.36 Å². The number of carbonyl (C=O) groups excluding carboxylic acids is 1. The van der Waals surface area contributed by atoms with E-state index >= 15 is 0 Å². The normalized spacial score (nSPS) is 14.7. The lowest BCUT2D eigenvalue weighted by molar-refractivity contribution is -0.137. The van der Waals surface area contributed by atoms with Gasteiger partial charge in [-0.1, -0.05) is 31.2 Å². The van der Waals surface area contributed by atoms with E-state index in [9.17, 15) is 22.8 Å². The van der Waals surface area contributed by atoms with E-state index in [1.54, 1.807) is 6.92 Å². The Morgan fingerprint density at radius 2 is 1.71 bits per heavy atom. The fourth-order valence-corrected chi connectivity index (χ4v) is 4.13. The van der Waals surface area contributed by atoms with Crippen LogP contribution in [0, 0.1) is 6.92 Å². The highest BCUT2D eigenvalue weighted by Gasteiger charge is 2.30. The first-order valence-corrected chi connectivity index (χ1v) is 11.5. The first-order valence-electron chi connectivity index (χ1n) is 11.5. The summed E-state index contributed by atoms with van der Waals surface area (Å²) in [6, 6.07) is 11.8. The molecule has 0 bridgehead atoms. The third kappa shape index (κ3) is 5.36. The number of rotatable bonds is 5. The van der Waals surface area contributed by atoms with Gasteiger partial charge in [0, 0.05) is 31.1 Å². The van der Waals surface area contributed by atoms with Crippen molar-refractivity contribution in [2.45, 2.75) is 45.3 Å². The number of aryl methyl sites for hydroxylation is 1. The molecule has 0 radical (unpaired) electrons. The summed E-state index contributed by atoms with van der Waals surface area (Å²) < 4.78 is 40.4. The maximum Gasteiger partial charge on any atom is 0.416 e. The van der Waals surface area contributed by atoms with Crippen LogP contribution >= 0.6 is 0 Å². The predicted octanol–water partition coefficient (Wildman–Crippen LogP) is 4.12. The van der Waals surface area contributed by atoms with Crippen molar-refractivity contribution in [1.29, 1.82) is 0 Å². The van der Waals surface area contributed by atoms with Crippen molar-refractivity contribution in [3.63, 3.8) is 0 Å². The van der Waals surface area contributed by atoms with E-state index in [1.807, 2.05) is 36.1 Å². The second-order valence-electron chi connectivity index (χ2n) is 8.51. The van der Waals surface area contributed by atoms with Crippen LogP contribution in [0.2, 0.25) is 0 Å². The monoisotopic (exact) mass is 485 g/mol. The quantitative estimate of drug-likeness (QED) is 0.588. The summed E-state index contributed by atoms with van der Waals surface area (Å²) in [6.45, 7) is 4.80. The van der Waals surface area contributed by atoms with Crippen LogP contribution in [0.5, 0.6) is 0 Å². The van der Waals surface area contributed by atoms with Gasteiger partial charge in [0.15, 0.2) is 5.82 Å². The zero-order valence-corrected chi connectivity index (χ0v) is 19.5. The molecule has 1 aliphatic heterocycles. The van der Waals surface area contributed by atoms with Gasteiger partial charge in [-0.3, -0.25) is 4.79 Å². The number of piperidine rings is 1. The average molecular weight is 486 g/mol. The Kier molecular flexibility index (Phi) is 6.90. The molecule has 1 N–H and O–H groups in total. The molecule has 7 nitrogen and oxygen atoms in total. The molecule has 1 aromatic heterocycles. The van der Waals surface area contributed by atoms with Gasteiger partial charge >= 0.3 is 11.9 Å². The predicted molar refractivity (Wildman–Crippen MR) is 126 cm³/mol.